The summed E-state index contributed by atoms with van der Waals surface area (Å²) in [7, 11) is -2.61. The van der Waals surface area contributed by atoms with Crippen molar-refractivity contribution >= 4 is 39.1 Å². The minimum atomic E-state index is -4.16. The van der Waals surface area contributed by atoms with E-state index >= 15 is 0 Å². The highest BCUT2D eigenvalue weighted by molar-refractivity contribution is 7.92. The molecule has 0 radical (unpaired) electrons. The summed E-state index contributed by atoms with van der Waals surface area (Å²) in [4.78, 5) is 28.5. The predicted molar refractivity (Wildman–Crippen MR) is 158 cm³/mol. The van der Waals surface area contributed by atoms with Crippen LogP contribution < -0.4 is 14.4 Å². The van der Waals surface area contributed by atoms with Crippen molar-refractivity contribution in [1.29, 1.82) is 0 Å². The largest absolute Gasteiger partial charge is 0.497 e. The molecule has 2 atom stereocenters. The Labute approximate surface area is 241 Å². The number of nitrogens with zero attached hydrogens (tertiary/aromatic N) is 2. The summed E-state index contributed by atoms with van der Waals surface area (Å²) in [6, 6.07) is 18.9. The first kappa shape index (κ1) is 31.0. The van der Waals surface area contributed by atoms with E-state index in [0.717, 1.165) is 21.9 Å². The first-order valence-electron chi connectivity index (χ1n) is 13.0. The molecule has 0 aliphatic carbocycles. The minimum absolute atomic E-state index is 0.00638. The summed E-state index contributed by atoms with van der Waals surface area (Å²) in [5.74, 6) is -0.254. The van der Waals surface area contributed by atoms with Gasteiger partial charge in [0.25, 0.3) is 10.0 Å². The number of methoxy groups -OCH3 is 1. The van der Waals surface area contributed by atoms with E-state index < -0.39 is 28.5 Å². The lowest BCUT2D eigenvalue weighted by molar-refractivity contribution is -0.139. The number of anilines is 1. The van der Waals surface area contributed by atoms with Gasteiger partial charge in [0, 0.05) is 17.6 Å². The van der Waals surface area contributed by atoms with E-state index in [0.29, 0.717) is 16.5 Å². The van der Waals surface area contributed by atoms with Crippen LogP contribution in [0.3, 0.4) is 0 Å². The number of amides is 2. The lowest BCUT2D eigenvalue weighted by atomic mass is 10.1. The molecule has 0 spiro atoms. The lowest BCUT2D eigenvalue weighted by Gasteiger charge is -2.32. The predicted octanol–water partition coefficient (Wildman–Crippen LogP) is 5.18. The molecule has 2 unspecified atom stereocenters. The van der Waals surface area contributed by atoms with Gasteiger partial charge in [-0.2, -0.15) is 0 Å². The van der Waals surface area contributed by atoms with E-state index in [4.69, 9.17) is 16.3 Å². The quantitative estimate of drug-likeness (QED) is 0.316. The smallest absolute Gasteiger partial charge is 0.264 e. The number of benzene rings is 3. The molecule has 3 aromatic rings. The van der Waals surface area contributed by atoms with Crippen LogP contribution in [0.4, 0.5) is 5.69 Å². The number of sulfonamides is 1. The van der Waals surface area contributed by atoms with Crippen molar-refractivity contribution in [3.8, 4) is 5.75 Å². The van der Waals surface area contributed by atoms with Crippen LogP contribution in [-0.2, 0) is 26.2 Å². The highest BCUT2D eigenvalue weighted by Crippen LogP contribution is 2.26. The highest BCUT2D eigenvalue weighted by atomic mass is 35.5. The molecule has 0 saturated carbocycles. The topological polar surface area (TPSA) is 96.0 Å². The fourth-order valence-electron chi connectivity index (χ4n) is 4.06. The van der Waals surface area contributed by atoms with Crippen LogP contribution >= 0.6 is 11.6 Å². The monoisotopic (exact) mass is 585 g/mol. The van der Waals surface area contributed by atoms with Gasteiger partial charge in [-0.25, -0.2) is 8.42 Å². The second kappa shape index (κ2) is 13.7. The zero-order valence-corrected chi connectivity index (χ0v) is 25.0. The summed E-state index contributed by atoms with van der Waals surface area (Å²) >= 11 is 6.00. The Morgan fingerprint density at radius 2 is 1.68 bits per heavy atom. The molecule has 3 aromatic carbocycles. The first-order chi connectivity index (χ1) is 19.0. The number of rotatable bonds is 12. The van der Waals surface area contributed by atoms with Crippen LogP contribution in [0.1, 0.15) is 38.3 Å². The third kappa shape index (κ3) is 7.76. The van der Waals surface area contributed by atoms with Gasteiger partial charge in [0.2, 0.25) is 11.8 Å². The molecule has 3 rings (SSSR count). The van der Waals surface area contributed by atoms with Crippen LogP contribution in [0.5, 0.6) is 5.75 Å². The van der Waals surface area contributed by atoms with Gasteiger partial charge in [-0.05, 0) is 86.8 Å². The Morgan fingerprint density at radius 3 is 2.30 bits per heavy atom. The van der Waals surface area contributed by atoms with Crippen LogP contribution in [0.25, 0.3) is 0 Å². The number of hydrogen-bond donors (Lipinski definition) is 1. The Hall–Kier alpha value is -3.56. The number of carbonyl (C=O) groups excluding carboxylic acids is 2. The molecule has 0 aliphatic heterocycles. The van der Waals surface area contributed by atoms with Gasteiger partial charge in [0.05, 0.1) is 17.7 Å². The molecule has 0 aliphatic rings. The molecular formula is C30H36ClN3O5S. The SMILES string of the molecule is CCC(C)NC(=O)C(C)N(Cc1cccc(OC)c1)C(=O)CN(c1cccc(C)c1)S(=O)(=O)c1ccc(Cl)cc1. The Morgan fingerprint density at radius 1 is 1.00 bits per heavy atom. The molecule has 40 heavy (non-hydrogen) atoms. The molecule has 2 amide bonds. The normalized spacial score (nSPS) is 12.8. The standard InChI is InChI=1S/C30H36ClN3O5S/c1-6-22(3)32-30(36)23(4)33(19-24-10-8-12-27(18-24)39-5)29(35)20-34(26-11-7-9-21(2)17-26)40(37,38)28-15-13-25(31)14-16-28/h7-18,22-23H,6,19-20H2,1-5H3,(H,32,36). The summed E-state index contributed by atoms with van der Waals surface area (Å²) < 4.78 is 34.1. The fourth-order valence-corrected chi connectivity index (χ4v) is 5.59. The average Bonchev–Trinajstić information content (AvgIpc) is 2.94. The number of nitrogens with one attached hydrogen (secondary N) is 1. The molecule has 0 saturated heterocycles. The highest BCUT2D eigenvalue weighted by Gasteiger charge is 2.33. The van der Waals surface area contributed by atoms with E-state index in [-0.39, 0.29) is 23.4 Å². The van der Waals surface area contributed by atoms with Gasteiger partial charge < -0.3 is 15.0 Å². The third-order valence-electron chi connectivity index (χ3n) is 6.63. The van der Waals surface area contributed by atoms with Crippen LogP contribution in [-0.4, -0.2) is 50.9 Å². The van der Waals surface area contributed by atoms with Gasteiger partial charge in [-0.3, -0.25) is 13.9 Å². The number of hydrogen-bond acceptors (Lipinski definition) is 5. The van der Waals surface area contributed by atoms with Gasteiger partial charge in [-0.15, -0.1) is 0 Å². The summed E-state index contributed by atoms with van der Waals surface area (Å²) in [6.45, 7) is 6.88. The maximum Gasteiger partial charge on any atom is 0.264 e. The van der Waals surface area contributed by atoms with E-state index in [1.54, 1.807) is 50.4 Å². The van der Waals surface area contributed by atoms with Crippen LogP contribution in [0, 0.1) is 6.92 Å². The molecule has 214 valence electrons. The number of aryl methyl sites for hydroxylation is 1. The van der Waals surface area contributed by atoms with Crippen molar-refractivity contribution in [3.63, 3.8) is 0 Å². The van der Waals surface area contributed by atoms with E-state index in [1.165, 1.54) is 29.2 Å². The number of ether oxygens (including phenoxy) is 1. The Kier molecular flexibility index (Phi) is 10.6. The first-order valence-corrected chi connectivity index (χ1v) is 14.9. The van der Waals surface area contributed by atoms with E-state index in [9.17, 15) is 18.0 Å². The third-order valence-corrected chi connectivity index (χ3v) is 8.67. The maximum absolute atomic E-state index is 14.0. The molecule has 1 N–H and O–H groups in total. The zero-order chi connectivity index (χ0) is 29.4. The molecule has 0 bridgehead atoms. The van der Waals surface area contributed by atoms with Gasteiger partial charge >= 0.3 is 0 Å². The average molecular weight is 586 g/mol. The Bertz CT molecular complexity index is 1430. The second-order valence-electron chi connectivity index (χ2n) is 9.67. The Balaban J connectivity index is 2.03. The lowest BCUT2D eigenvalue weighted by Crippen LogP contribution is -2.52. The molecule has 10 heteroatoms. The van der Waals surface area contributed by atoms with Crippen molar-refractivity contribution < 1.29 is 22.7 Å². The van der Waals surface area contributed by atoms with E-state index in [2.05, 4.69) is 5.32 Å². The number of halogens is 1. The second-order valence-corrected chi connectivity index (χ2v) is 12.0. The molecule has 0 aromatic heterocycles. The van der Waals surface area contributed by atoms with Crippen molar-refractivity contribution in [2.75, 3.05) is 18.0 Å². The van der Waals surface area contributed by atoms with Crippen molar-refractivity contribution in [2.24, 2.45) is 0 Å². The van der Waals surface area contributed by atoms with Crippen LogP contribution in [0.2, 0.25) is 5.02 Å². The van der Waals surface area contributed by atoms with Crippen molar-refractivity contribution in [1.82, 2.24) is 10.2 Å². The van der Waals surface area contributed by atoms with Gasteiger partial charge in [0.15, 0.2) is 0 Å². The number of carbonyl (C=O) groups is 2. The minimum Gasteiger partial charge on any atom is -0.497 e. The molecular weight excluding hydrogens is 550 g/mol. The molecule has 8 nitrogen and oxygen atoms in total. The summed E-state index contributed by atoms with van der Waals surface area (Å²) in [5, 5.41) is 3.32. The summed E-state index contributed by atoms with van der Waals surface area (Å²) in [5.41, 5.74) is 1.90. The van der Waals surface area contributed by atoms with Gasteiger partial charge in [-0.1, -0.05) is 42.8 Å². The summed E-state index contributed by atoms with van der Waals surface area (Å²) in [6.07, 6.45) is 0.725. The van der Waals surface area contributed by atoms with Crippen LogP contribution in [0.15, 0.2) is 77.7 Å². The zero-order valence-electron chi connectivity index (χ0n) is 23.4. The van der Waals surface area contributed by atoms with Crippen molar-refractivity contribution in [3.05, 3.63) is 88.9 Å². The van der Waals surface area contributed by atoms with Crippen molar-refractivity contribution in [2.45, 2.75) is 57.6 Å². The maximum atomic E-state index is 14.0. The fraction of sp³-hybridized carbons (Fsp3) is 0.333. The van der Waals surface area contributed by atoms with E-state index in [1.807, 2.05) is 32.9 Å². The molecule has 0 fully saturated rings. The van der Waals surface area contributed by atoms with Gasteiger partial charge in [0.1, 0.15) is 18.3 Å². The molecule has 0 heterocycles.